The highest BCUT2D eigenvalue weighted by Gasteiger charge is 2.14. The second-order valence-corrected chi connectivity index (χ2v) is 4.92. The molecule has 2 rings (SSSR count). The summed E-state index contributed by atoms with van der Waals surface area (Å²) < 4.78 is 0. The highest BCUT2D eigenvalue weighted by atomic mass is 32.1. The van der Waals surface area contributed by atoms with Crippen LogP contribution in [-0.4, -0.2) is 23.1 Å². The van der Waals surface area contributed by atoms with Crippen LogP contribution in [0.3, 0.4) is 0 Å². The Balaban J connectivity index is 2.31. The highest BCUT2D eigenvalue weighted by molar-refractivity contribution is 7.07. The van der Waals surface area contributed by atoms with Crippen LogP contribution in [0.1, 0.15) is 21.6 Å². The van der Waals surface area contributed by atoms with Crippen LogP contribution in [0.15, 0.2) is 29.1 Å². The molecule has 0 radical (unpaired) electrons. The zero-order chi connectivity index (χ0) is 13.1. The van der Waals surface area contributed by atoms with E-state index in [0.717, 1.165) is 5.69 Å². The third-order valence-electron chi connectivity index (χ3n) is 2.66. The van der Waals surface area contributed by atoms with E-state index in [0.29, 0.717) is 12.2 Å². The van der Waals surface area contributed by atoms with Crippen LogP contribution in [0.5, 0.6) is 0 Å². The van der Waals surface area contributed by atoms with Gasteiger partial charge in [0.15, 0.2) is 0 Å². The molecule has 5 heteroatoms. The molecule has 2 aromatic heterocycles. The summed E-state index contributed by atoms with van der Waals surface area (Å²) in [6, 6.07) is 3.84. The molecule has 0 bridgehead atoms. The summed E-state index contributed by atoms with van der Waals surface area (Å²) in [5.41, 5.74) is 2.92. The number of aromatic nitrogens is 1. The Kier molecular flexibility index (Phi) is 3.62. The number of carbonyl (C=O) groups is 1. The normalized spacial score (nSPS) is 10.3. The second-order valence-electron chi connectivity index (χ2n) is 4.14. The molecule has 0 amide bonds. The molecule has 94 valence electrons. The maximum Gasteiger partial charge on any atom is 0.339 e. The first-order valence-electron chi connectivity index (χ1n) is 5.50. The maximum absolute atomic E-state index is 11.2. The number of carboxylic acids is 1. The third-order valence-corrected chi connectivity index (χ3v) is 3.39. The van der Waals surface area contributed by atoms with Gasteiger partial charge in [0.1, 0.15) is 5.56 Å². The van der Waals surface area contributed by atoms with Crippen LogP contribution in [0.4, 0.5) is 5.69 Å². The fraction of sp³-hybridized carbons (Fsp3) is 0.231. The number of pyridine rings is 1. The Labute approximate surface area is 110 Å². The molecule has 0 saturated heterocycles. The van der Waals surface area contributed by atoms with E-state index in [1.807, 2.05) is 30.3 Å². The van der Waals surface area contributed by atoms with E-state index >= 15 is 0 Å². The lowest BCUT2D eigenvalue weighted by molar-refractivity contribution is 0.0697. The minimum Gasteiger partial charge on any atom is -0.478 e. The van der Waals surface area contributed by atoms with Crippen molar-refractivity contribution in [1.29, 1.82) is 0 Å². The Bertz CT molecular complexity index is 552. The monoisotopic (exact) mass is 262 g/mol. The van der Waals surface area contributed by atoms with Crippen LogP contribution < -0.4 is 4.90 Å². The highest BCUT2D eigenvalue weighted by Crippen LogP contribution is 2.22. The minimum absolute atomic E-state index is 0.235. The number of hydrogen-bond acceptors (Lipinski definition) is 4. The number of rotatable bonds is 4. The maximum atomic E-state index is 11.2. The van der Waals surface area contributed by atoms with Crippen molar-refractivity contribution in [3.63, 3.8) is 0 Å². The molecule has 2 heterocycles. The predicted octanol–water partition coefficient (Wildman–Crippen LogP) is 2.79. The van der Waals surface area contributed by atoms with Gasteiger partial charge >= 0.3 is 5.97 Å². The molecule has 18 heavy (non-hydrogen) atoms. The molecule has 0 aliphatic heterocycles. The Hall–Kier alpha value is -1.88. The lowest BCUT2D eigenvalue weighted by Gasteiger charge is -2.20. The summed E-state index contributed by atoms with van der Waals surface area (Å²) in [4.78, 5) is 17.1. The number of carboxylic acid groups (broad SMARTS) is 1. The average Bonchev–Trinajstić information content (AvgIpc) is 2.81. The SMILES string of the molecule is Cc1cc(N(C)Cc2ccsc2)c(C(=O)O)cn1. The first kappa shape index (κ1) is 12.6. The number of anilines is 1. The van der Waals surface area contributed by atoms with Crippen molar-refractivity contribution in [3.05, 3.63) is 45.9 Å². The zero-order valence-corrected chi connectivity index (χ0v) is 11.1. The average molecular weight is 262 g/mol. The smallest absolute Gasteiger partial charge is 0.339 e. The minimum atomic E-state index is -0.949. The van der Waals surface area contributed by atoms with Gasteiger partial charge in [-0.15, -0.1) is 0 Å². The number of thiophene rings is 1. The second kappa shape index (κ2) is 5.18. The topological polar surface area (TPSA) is 53.4 Å². The first-order valence-corrected chi connectivity index (χ1v) is 6.44. The van der Waals surface area contributed by atoms with Gasteiger partial charge in [0.05, 0.1) is 5.69 Å². The van der Waals surface area contributed by atoms with Gasteiger partial charge in [-0.1, -0.05) is 0 Å². The predicted molar refractivity (Wildman–Crippen MR) is 72.4 cm³/mol. The van der Waals surface area contributed by atoms with Crippen LogP contribution in [0, 0.1) is 6.92 Å². The standard InChI is InChI=1S/C13H14N2O2S/c1-9-5-12(11(6-14-9)13(16)17)15(2)7-10-3-4-18-8-10/h3-6,8H,7H2,1-2H3,(H,16,17). The molecular weight excluding hydrogens is 248 g/mol. The number of aryl methyl sites for hydroxylation is 1. The van der Waals surface area contributed by atoms with Crippen LogP contribution in [0.2, 0.25) is 0 Å². The molecule has 0 saturated carbocycles. The number of aromatic carboxylic acids is 1. The lowest BCUT2D eigenvalue weighted by atomic mass is 10.2. The lowest BCUT2D eigenvalue weighted by Crippen LogP contribution is -2.19. The van der Waals surface area contributed by atoms with Gasteiger partial charge in [0.2, 0.25) is 0 Å². The summed E-state index contributed by atoms with van der Waals surface area (Å²) in [6.45, 7) is 2.54. The van der Waals surface area contributed by atoms with Gasteiger partial charge in [-0.3, -0.25) is 4.98 Å². The number of nitrogens with zero attached hydrogens (tertiary/aromatic N) is 2. The Morgan fingerprint density at radius 2 is 2.33 bits per heavy atom. The van der Waals surface area contributed by atoms with E-state index in [2.05, 4.69) is 10.4 Å². The first-order chi connectivity index (χ1) is 8.58. The largest absolute Gasteiger partial charge is 0.478 e. The van der Waals surface area contributed by atoms with Crippen molar-refractivity contribution in [2.24, 2.45) is 0 Å². The molecule has 0 atom stereocenters. The molecule has 0 aromatic carbocycles. The molecule has 0 spiro atoms. The van der Waals surface area contributed by atoms with E-state index in [9.17, 15) is 4.79 Å². The quantitative estimate of drug-likeness (QED) is 0.920. The van der Waals surface area contributed by atoms with Crippen molar-refractivity contribution in [3.8, 4) is 0 Å². The summed E-state index contributed by atoms with van der Waals surface area (Å²) >= 11 is 1.64. The summed E-state index contributed by atoms with van der Waals surface area (Å²) in [5, 5.41) is 13.2. The van der Waals surface area contributed by atoms with Crippen LogP contribution in [0.25, 0.3) is 0 Å². The molecule has 0 aliphatic rings. The molecule has 1 N–H and O–H groups in total. The summed E-state index contributed by atoms with van der Waals surface area (Å²) in [7, 11) is 1.89. The molecule has 0 unspecified atom stereocenters. The van der Waals surface area contributed by atoms with Gasteiger partial charge in [-0.05, 0) is 35.4 Å². The summed E-state index contributed by atoms with van der Waals surface area (Å²) in [6.07, 6.45) is 1.41. The van der Waals surface area contributed by atoms with Crippen molar-refractivity contribution in [1.82, 2.24) is 4.98 Å². The Morgan fingerprint density at radius 1 is 1.56 bits per heavy atom. The van der Waals surface area contributed by atoms with Gasteiger partial charge in [0, 0.05) is 25.5 Å². The van der Waals surface area contributed by atoms with Gasteiger partial charge < -0.3 is 10.0 Å². The van der Waals surface area contributed by atoms with E-state index < -0.39 is 5.97 Å². The molecule has 0 aliphatic carbocycles. The van der Waals surface area contributed by atoms with Crippen molar-refractivity contribution in [2.75, 3.05) is 11.9 Å². The van der Waals surface area contributed by atoms with Gasteiger partial charge in [-0.25, -0.2) is 4.79 Å². The van der Waals surface area contributed by atoms with Crippen LogP contribution in [-0.2, 0) is 6.54 Å². The molecule has 4 nitrogen and oxygen atoms in total. The number of hydrogen-bond donors (Lipinski definition) is 1. The molecule has 2 aromatic rings. The van der Waals surface area contributed by atoms with Crippen LogP contribution >= 0.6 is 11.3 Å². The fourth-order valence-corrected chi connectivity index (χ4v) is 2.43. The van der Waals surface area contributed by atoms with Crippen molar-refractivity contribution < 1.29 is 9.90 Å². The fourth-order valence-electron chi connectivity index (χ4n) is 1.77. The summed E-state index contributed by atoms with van der Waals surface area (Å²) in [5.74, 6) is -0.949. The van der Waals surface area contributed by atoms with Gasteiger partial charge in [0.25, 0.3) is 0 Å². The van der Waals surface area contributed by atoms with E-state index in [1.165, 1.54) is 11.8 Å². The zero-order valence-electron chi connectivity index (χ0n) is 10.3. The van der Waals surface area contributed by atoms with E-state index in [1.54, 1.807) is 17.4 Å². The molecule has 0 fully saturated rings. The third kappa shape index (κ3) is 2.68. The van der Waals surface area contributed by atoms with E-state index in [-0.39, 0.29) is 5.56 Å². The Morgan fingerprint density at radius 3 is 2.94 bits per heavy atom. The van der Waals surface area contributed by atoms with Crippen molar-refractivity contribution >= 4 is 23.0 Å². The van der Waals surface area contributed by atoms with Gasteiger partial charge in [-0.2, -0.15) is 11.3 Å². The molecular formula is C13H14N2O2S. The van der Waals surface area contributed by atoms with Crippen molar-refractivity contribution in [2.45, 2.75) is 13.5 Å². The van der Waals surface area contributed by atoms with E-state index in [4.69, 9.17) is 5.11 Å².